The number of thioether (sulfide) groups is 1. The SMILES string of the molecule is COc1ccc(-c2nn(-c3ccccc3)cc2/C=C2\SC(=S)N(C[C@@H]3CCCO3)C2=O)cc1C. The molecule has 3 heterocycles. The number of amides is 1. The maximum absolute atomic E-state index is 13.2. The predicted molar refractivity (Wildman–Crippen MR) is 139 cm³/mol. The highest BCUT2D eigenvalue weighted by molar-refractivity contribution is 8.26. The average Bonchev–Trinajstić information content (AvgIpc) is 3.57. The van der Waals surface area contributed by atoms with Gasteiger partial charge in [-0.1, -0.05) is 42.2 Å². The van der Waals surface area contributed by atoms with Crippen LogP contribution in [0.4, 0.5) is 0 Å². The second kappa shape index (κ2) is 9.74. The number of hydrogen-bond acceptors (Lipinski definition) is 6. The van der Waals surface area contributed by atoms with Crippen LogP contribution in [0.3, 0.4) is 0 Å². The molecule has 5 rings (SSSR count). The maximum atomic E-state index is 13.2. The Labute approximate surface area is 208 Å². The topological polar surface area (TPSA) is 56.6 Å². The lowest BCUT2D eigenvalue weighted by molar-refractivity contribution is -0.123. The number of ether oxygens (including phenoxy) is 2. The smallest absolute Gasteiger partial charge is 0.266 e. The van der Waals surface area contributed by atoms with Crippen LogP contribution in [-0.4, -0.2) is 51.3 Å². The Morgan fingerprint density at radius 1 is 1.26 bits per heavy atom. The number of aromatic nitrogens is 2. The molecule has 2 saturated heterocycles. The molecule has 1 atom stereocenters. The van der Waals surface area contributed by atoms with Crippen molar-refractivity contribution in [2.45, 2.75) is 25.9 Å². The molecule has 6 nitrogen and oxygen atoms in total. The summed E-state index contributed by atoms with van der Waals surface area (Å²) in [5, 5.41) is 4.88. The standard InChI is InChI=1S/C26H25N3O3S2/c1-17-13-18(10-11-22(17)31-2)24-19(15-29(27-24)20-7-4-3-5-8-20)14-23-25(30)28(26(33)34-23)16-21-9-6-12-32-21/h3-5,7-8,10-11,13-15,21H,6,9,12,16H2,1-2H3/b23-14-/t21-/m0/s1. The van der Waals surface area contributed by atoms with Crippen LogP contribution >= 0.6 is 24.0 Å². The highest BCUT2D eigenvalue weighted by Gasteiger charge is 2.35. The summed E-state index contributed by atoms with van der Waals surface area (Å²) in [6.45, 7) is 3.26. The Morgan fingerprint density at radius 2 is 2.09 bits per heavy atom. The molecule has 0 N–H and O–H groups in total. The molecule has 1 aromatic heterocycles. The number of benzene rings is 2. The molecule has 1 amide bonds. The van der Waals surface area contributed by atoms with Crippen LogP contribution in [0.15, 0.2) is 59.6 Å². The van der Waals surface area contributed by atoms with Gasteiger partial charge in [0.05, 0.1) is 30.4 Å². The molecule has 2 aliphatic heterocycles. The van der Waals surface area contributed by atoms with Crippen LogP contribution < -0.4 is 4.74 Å². The lowest BCUT2D eigenvalue weighted by Crippen LogP contribution is -2.35. The summed E-state index contributed by atoms with van der Waals surface area (Å²) in [4.78, 5) is 15.5. The lowest BCUT2D eigenvalue weighted by atomic mass is 10.0. The van der Waals surface area contributed by atoms with E-state index < -0.39 is 0 Å². The van der Waals surface area contributed by atoms with Gasteiger partial charge in [0, 0.05) is 23.9 Å². The Kier molecular flexibility index (Phi) is 6.54. The van der Waals surface area contributed by atoms with Crippen molar-refractivity contribution >= 4 is 40.3 Å². The first-order chi connectivity index (χ1) is 16.5. The zero-order valence-corrected chi connectivity index (χ0v) is 20.7. The molecule has 2 fully saturated rings. The molecule has 34 heavy (non-hydrogen) atoms. The van der Waals surface area contributed by atoms with Crippen molar-refractivity contribution in [3.8, 4) is 22.7 Å². The fraction of sp³-hybridized carbons (Fsp3) is 0.269. The van der Waals surface area contributed by atoms with Crippen molar-refractivity contribution in [2.24, 2.45) is 0 Å². The van der Waals surface area contributed by atoms with Crippen LogP contribution in [0.2, 0.25) is 0 Å². The van der Waals surface area contributed by atoms with Crippen molar-refractivity contribution in [3.63, 3.8) is 0 Å². The first-order valence-corrected chi connectivity index (χ1v) is 12.4. The molecular formula is C26H25N3O3S2. The zero-order chi connectivity index (χ0) is 23.7. The van der Waals surface area contributed by atoms with Crippen LogP contribution in [0, 0.1) is 6.92 Å². The number of thiocarbonyl (C=S) groups is 1. The van der Waals surface area contributed by atoms with Gasteiger partial charge in [-0.25, -0.2) is 4.68 Å². The third-order valence-corrected chi connectivity index (χ3v) is 7.38. The fourth-order valence-corrected chi connectivity index (χ4v) is 5.51. The van der Waals surface area contributed by atoms with Crippen LogP contribution in [-0.2, 0) is 9.53 Å². The van der Waals surface area contributed by atoms with Gasteiger partial charge in [0.2, 0.25) is 0 Å². The van der Waals surface area contributed by atoms with Gasteiger partial charge in [0.1, 0.15) is 15.8 Å². The number of nitrogens with zero attached hydrogens (tertiary/aromatic N) is 3. The van der Waals surface area contributed by atoms with E-state index in [1.807, 2.05) is 66.3 Å². The first-order valence-electron chi connectivity index (χ1n) is 11.2. The lowest BCUT2D eigenvalue weighted by Gasteiger charge is -2.18. The van der Waals surface area contributed by atoms with Gasteiger partial charge < -0.3 is 9.47 Å². The van der Waals surface area contributed by atoms with Gasteiger partial charge >= 0.3 is 0 Å². The van der Waals surface area contributed by atoms with Crippen LogP contribution in [0.1, 0.15) is 24.0 Å². The second-order valence-electron chi connectivity index (χ2n) is 8.32. The number of aryl methyl sites for hydroxylation is 1. The zero-order valence-electron chi connectivity index (χ0n) is 19.1. The molecule has 0 spiro atoms. The normalized spacial score (nSPS) is 19.4. The summed E-state index contributed by atoms with van der Waals surface area (Å²) in [6, 6.07) is 15.9. The minimum Gasteiger partial charge on any atom is -0.496 e. The summed E-state index contributed by atoms with van der Waals surface area (Å²) in [7, 11) is 1.66. The summed E-state index contributed by atoms with van der Waals surface area (Å²) >= 11 is 6.87. The summed E-state index contributed by atoms with van der Waals surface area (Å²) < 4.78 is 13.6. The molecule has 0 radical (unpaired) electrons. The second-order valence-corrected chi connectivity index (χ2v) is 10.0. The van der Waals surface area contributed by atoms with Crippen LogP contribution in [0.5, 0.6) is 5.75 Å². The van der Waals surface area contributed by atoms with Gasteiger partial charge in [-0.2, -0.15) is 5.10 Å². The monoisotopic (exact) mass is 491 g/mol. The Hall–Kier alpha value is -2.94. The summed E-state index contributed by atoms with van der Waals surface area (Å²) in [5.74, 6) is 0.748. The van der Waals surface area contributed by atoms with Gasteiger partial charge in [-0.05, 0) is 61.7 Å². The van der Waals surface area contributed by atoms with E-state index in [0.717, 1.165) is 53.3 Å². The van der Waals surface area contributed by atoms with Crippen molar-refractivity contribution in [1.82, 2.24) is 14.7 Å². The minimum absolute atomic E-state index is 0.0560. The molecule has 2 aromatic carbocycles. The number of carbonyl (C=O) groups excluding carboxylic acids is 1. The quantitative estimate of drug-likeness (QED) is 0.347. The molecule has 0 unspecified atom stereocenters. The Bertz CT molecular complexity index is 1260. The van der Waals surface area contributed by atoms with Crippen LogP contribution in [0.25, 0.3) is 23.0 Å². The number of hydrogen-bond donors (Lipinski definition) is 0. The van der Waals surface area contributed by atoms with Gasteiger partial charge in [0.25, 0.3) is 5.91 Å². The van der Waals surface area contributed by atoms with Crippen molar-refractivity contribution in [1.29, 1.82) is 0 Å². The molecule has 0 aliphatic carbocycles. The van der Waals surface area contributed by atoms with Gasteiger partial charge in [0.15, 0.2) is 0 Å². The van der Waals surface area contributed by atoms with Crippen molar-refractivity contribution in [2.75, 3.05) is 20.3 Å². The Balaban J connectivity index is 1.53. The van der Waals surface area contributed by atoms with Gasteiger partial charge in [-0.15, -0.1) is 0 Å². The number of para-hydroxylation sites is 1. The number of rotatable bonds is 6. The summed E-state index contributed by atoms with van der Waals surface area (Å²) in [6.07, 6.45) is 5.90. The van der Waals surface area contributed by atoms with E-state index in [-0.39, 0.29) is 12.0 Å². The first kappa shape index (κ1) is 22.8. The third kappa shape index (κ3) is 4.53. The van der Waals surface area contributed by atoms with E-state index >= 15 is 0 Å². The van der Waals surface area contributed by atoms with E-state index in [1.165, 1.54) is 11.8 Å². The average molecular weight is 492 g/mol. The fourth-order valence-electron chi connectivity index (χ4n) is 4.25. The maximum Gasteiger partial charge on any atom is 0.266 e. The third-order valence-electron chi connectivity index (χ3n) is 6.00. The molecule has 3 aromatic rings. The van der Waals surface area contributed by atoms with E-state index in [4.69, 9.17) is 26.8 Å². The van der Waals surface area contributed by atoms with E-state index in [1.54, 1.807) is 12.0 Å². The van der Waals surface area contributed by atoms with Gasteiger partial charge in [-0.3, -0.25) is 9.69 Å². The highest BCUT2D eigenvalue weighted by atomic mass is 32.2. The minimum atomic E-state index is -0.0742. The van der Waals surface area contributed by atoms with E-state index in [9.17, 15) is 4.79 Å². The summed E-state index contributed by atoms with van der Waals surface area (Å²) in [5.41, 5.74) is 4.56. The number of carbonyl (C=O) groups is 1. The molecule has 174 valence electrons. The molecule has 0 saturated carbocycles. The molecule has 2 aliphatic rings. The highest BCUT2D eigenvalue weighted by Crippen LogP contribution is 2.36. The van der Waals surface area contributed by atoms with Crippen molar-refractivity contribution < 1.29 is 14.3 Å². The van der Waals surface area contributed by atoms with E-state index in [0.29, 0.717) is 15.8 Å². The molecule has 8 heteroatoms. The molecular weight excluding hydrogens is 466 g/mol. The number of methoxy groups -OCH3 is 1. The predicted octanol–water partition coefficient (Wildman–Crippen LogP) is 5.24. The van der Waals surface area contributed by atoms with E-state index in [2.05, 4.69) is 6.07 Å². The van der Waals surface area contributed by atoms with Crippen molar-refractivity contribution in [3.05, 3.63) is 70.8 Å². The Morgan fingerprint density at radius 3 is 2.79 bits per heavy atom. The largest absolute Gasteiger partial charge is 0.496 e. The molecule has 0 bridgehead atoms.